The molecule has 1 fully saturated rings. The molecule has 0 unspecified atom stereocenters. The molecule has 2 nitrogen and oxygen atoms in total. The highest BCUT2D eigenvalue weighted by Gasteiger charge is 2.38. The van der Waals surface area contributed by atoms with Gasteiger partial charge in [0.25, 0.3) is 0 Å². The van der Waals surface area contributed by atoms with Gasteiger partial charge in [0, 0.05) is 18.5 Å². The molecular weight excluding hydrogens is 138 g/mol. The van der Waals surface area contributed by atoms with Crippen LogP contribution in [0.4, 0.5) is 0 Å². The van der Waals surface area contributed by atoms with Gasteiger partial charge < -0.3 is 10.1 Å². The van der Waals surface area contributed by atoms with Gasteiger partial charge in [-0.1, -0.05) is 13.8 Å². The summed E-state index contributed by atoms with van der Waals surface area (Å²) in [5, 5.41) is 3.37. The summed E-state index contributed by atoms with van der Waals surface area (Å²) in [4.78, 5) is 0. The predicted octanol–water partition coefficient (Wildman–Crippen LogP) is 1.41. The van der Waals surface area contributed by atoms with Crippen LogP contribution in [0.5, 0.6) is 0 Å². The third-order valence-electron chi connectivity index (χ3n) is 2.94. The molecule has 1 N–H and O–H groups in total. The Kier molecular flexibility index (Phi) is 2.26. The van der Waals surface area contributed by atoms with Crippen LogP contribution in [0.25, 0.3) is 0 Å². The Morgan fingerprint density at radius 1 is 1.18 bits per heavy atom. The molecule has 0 spiro atoms. The summed E-state index contributed by atoms with van der Waals surface area (Å²) in [7, 11) is 0. The van der Waals surface area contributed by atoms with Gasteiger partial charge in [-0.15, -0.1) is 0 Å². The quantitative estimate of drug-likeness (QED) is 0.574. The summed E-state index contributed by atoms with van der Waals surface area (Å²) in [6.07, 6.45) is 0. The molecule has 0 saturated carbocycles. The van der Waals surface area contributed by atoms with Crippen LogP contribution in [-0.2, 0) is 4.74 Å². The predicted molar refractivity (Wildman–Crippen MR) is 46.7 cm³/mol. The first kappa shape index (κ1) is 9.01. The Morgan fingerprint density at radius 3 is 2.45 bits per heavy atom. The molecule has 11 heavy (non-hydrogen) atoms. The molecule has 0 amide bonds. The summed E-state index contributed by atoms with van der Waals surface area (Å²) in [6, 6.07) is 0. The lowest BCUT2D eigenvalue weighted by molar-refractivity contribution is -0.0791. The normalized spacial score (nSPS) is 29.5. The van der Waals surface area contributed by atoms with Crippen LogP contribution in [0.1, 0.15) is 27.7 Å². The van der Waals surface area contributed by atoms with Crippen molar-refractivity contribution in [3.63, 3.8) is 0 Å². The largest absolute Gasteiger partial charge is 0.374 e. The van der Waals surface area contributed by atoms with Crippen molar-refractivity contribution in [1.82, 2.24) is 5.32 Å². The summed E-state index contributed by atoms with van der Waals surface area (Å²) >= 11 is 0. The first-order valence-electron chi connectivity index (χ1n) is 4.30. The first-order chi connectivity index (χ1) is 4.96. The Labute approximate surface area is 69.3 Å². The summed E-state index contributed by atoms with van der Waals surface area (Å²) in [6.45, 7) is 11.7. The number of hydrogen-bond donors (Lipinski definition) is 1. The number of hydrogen-bond acceptors (Lipinski definition) is 2. The lowest BCUT2D eigenvalue weighted by Gasteiger charge is -2.39. The fourth-order valence-corrected chi connectivity index (χ4v) is 1.19. The molecule has 1 aliphatic rings. The van der Waals surface area contributed by atoms with Gasteiger partial charge in [0.1, 0.15) is 0 Å². The monoisotopic (exact) mass is 157 g/mol. The topological polar surface area (TPSA) is 21.3 Å². The number of nitrogens with one attached hydrogen (secondary N) is 1. The molecule has 0 bridgehead atoms. The second-order valence-electron chi connectivity index (χ2n) is 4.42. The lowest BCUT2D eigenvalue weighted by Crippen LogP contribution is -2.44. The van der Waals surface area contributed by atoms with Gasteiger partial charge >= 0.3 is 0 Å². The van der Waals surface area contributed by atoms with E-state index in [9.17, 15) is 0 Å². The molecule has 1 aliphatic heterocycles. The van der Waals surface area contributed by atoms with Crippen LogP contribution < -0.4 is 5.32 Å². The van der Waals surface area contributed by atoms with Gasteiger partial charge in [-0.2, -0.15) is 0 Å². The fourth-order valence-electron chi connectivity index (χ4n) is 1.19. The van der Waals surface area contributed by atoms with Crippen molar-refractivity contribution in [1.29, 1.82) is 0 Å². The second kappa shape index (κ2) is 2.76. The minimum Gasteiger partial charge on any atom is -0.374 e. The van der Waals surface area contributed by atoms with E-state index in [1.807, 2.05) is 0 Å². The van der Waals surface area contributed by atoms with E-state index in [1.54, 1.807) is 0 Å². The highest BCUT2D eigenvalue weighted by molar-refractivity contribution is 4.90. The van der Waals surface area contributed by atoms with Crippen molar-refractivity contribution in [2.45, 2.75) is 33.3 Å². The van der Waals surface area contributed by atoms with Crippen LogP contribution in [0.3, 0.4) is 0 Å². The second-order valence-corrected chi connectivity index (χ2v) is 4.42. The van der Waals surface area contributed by atoms with E-state index in [0.29, 0.717) is 0 Å². The van der Waals surface area contributed by atoms with E-state index in [1.165, 1.54) is 0 Å². The molecule has 0 aromatic carbocycles. The average molecular weight is 157 g/mol. The van der Waals surface area contributed by atoms with Crippen molar-refractivity contribution in [2.75, 3.05) is 19.7 Å². The standard InChI is InChI=1S/C9H19NO/c1-8(2)7-10-5-6-11-9(8,3)4/h10H,5-7H2,1-4H3. The average Bonchev–Trinajstić information content (AvgIpc) is 1.94. The molecule has 0 aliphatic carbocycles. The maximum Gasteiger partial charge on any atom is 0.0689 e. The van der Waals surface area contributed by atoms with Gasteiger partial charge in [-0.3, -0.25) is 0 Å². The molecular formula is C9H19NO. The molecule has 1 heterocycles. The first-order valence-corrected chi connectivity index (χ1v) is 4.30. The van der Waals surface area contributed by atoms with Crippen LogP contribution in [0, 0.1) is 5.41 Å². The van der Waals surface area contributed by atoms with E-state index in [2.05, 4.69) is 33.0 Å². The minimum atomic E-state index is -0.00347. The molecule has 0 atom stereocenters. The highest BCUT2D eigenvalue weighted by Crippen LogP contribution is 2.33. The van der Waals surface area contributed by atoms with Gasteiger partial charge in [0.2, 0.25) is 0 Å². The number of rotatable bonds is 0. The smallest absolute Gasteiger partial charge is 0.0689 e. The minimum absolute atomic E-state index is 0.00347. The Hall–Kier alpha value is -0.0800. The van der Waals surface area contributed by atoms with Gasteiger partial charge in [-0.25, -0.2) is 0 Å². The summed E-state index contributed by atoms with van der Waals surface area (Å²) in [5.74, 6) is 0. The molecule has 0 aromatic rings. The van der Waals surface area contributed by atoms with Gasteiger partial charge in [0.15, 0.2) is 0 Å². The molecule has 0 radical (unpaired) electrons. The SMILES string of the molecule is CC1(C)CNCCOC1(C)C. The van der Waals surface area contributed by atoms with E-state index >= 15 is 0 Å². The molecule has 0 aromatic heterocycles. The maximum atomic E-state index is 5.74. The zero-order chi connectivity index (χ0) is 8.54. The molecule has 2 heteroatoms. The van der Waals surface area contributed by atoms with Crippen molar-refractivity contribution in [3.8, 4) is 0 Å². The fraction of sp³-hybridized carbons (Fsp3) is 1.00. The van der Waals surface area contributed by atoms with Crippen LogP contribution in [0.2, 0.25) is 0 Å². The Morgan fingerprint density at radius 2 is 1.82 bits per heavy atom. The summed E-state index contributed by atoms with van der Waals surface area (Å²) in [5.41, 5.74) is 0.222. The Balaban J connectivity index is 2.72. The number of ether oxygens (including phenoxy) is 1. The van der Waals surface area contributed by atoms with E-state index in [4.69, 9.17) is 4.74 Å². The zero-order valence-electron chi connectivity index (χ0n) is 8.03. The third-order valence-corrected chi connectivity index (χ3v) is 2.94. The van der Waals surface area contributed by atoms with Gasteiger partial charge in [0.05, 0.1) is 12.2 Å². The molecule has 1 rings (SSSR count). The highest BCUT2D eigenvalue weighted by atomic mass is 16.5. The van der Waals surface area contributed by atoms with Crippen molar-refractivity contribution in [3.05, 3.63) is 0 Å². The maximum absolute atomic E-state index is 5.74. The van der Waals surface area contributed by atoms with Crippen LogP contribution in [0.15, 0.2) is 0 Å². The Bertz CT molecular complexity index is 124. The van der Waals surface area contributed by atoms with E-state index < -0.39 is 0 Å². The molecule has 66 valence electrons. The van der Waals surface area contributed by atoms with Crippen molar-refractivity contribution >= 4 is 0 Å². The summed E-state index contributed by atoms with van der Waals surface area (Å²) < 4.78 is 5.74. The van der Waals surface area contributed by atoms with Crippen molar-refractivity contribution < 1.29 is 4.74 Å². The van der Waals surface area contributed by atoms with Crippen molar-refractivity contribution in [2.24, 2.45) is 5.41 Å². The van der Waals surface area contributed by atoms with Crippen LogP contribution >= 0.6 is 0 Å². The lowest BCUT2D eigenvalue weighted by atomic mass is 9.77. The van der Waals surface area contributed by atoms with Crippen LogP contribution in [-0.4, -0.2) is 25.3 Å². The third kappa shape index (κ3) is 1.74. The van der Waals surface area contributed by atoms with E-state index in [0.717, 1.165) is 19.7 Å². The van der Waals surface area contributed by atoms with Gasteiger partial charge in [-0.05, 0) is 13.8 Å². The van der Waals surface area contributed by atoms with E-state index in [-0.39, 0.29) is 11.0 Å². The molecule has 1 saturated heterocycles. The zero-order valence-corrected chi connectivity index (χ0v) is 8.03.